The van der Waals surface area contributed by atoms with Crippen LogP contribution < -0.4 is 0 Å². The van der Waals surface area contributed by atoms with Crippen LogP contribution in [0, 0.1) is 0 Å². The smallest absolute Gasteiger partial charge is 0.320 e. The van der Waals surface area contributed by atoms with E-state index in [1.54, 1.807) is 4.90 Å². The highest BCUT2D eigenvalue weighted by atomic mass is 16.4. The van der Waals surface area contributed by atoms with E-state index in [-0.39, 0.29) is 25.4 Å². The zero-order chi connectivity index (χ0) is 15.0. The summed E-state index contributed by atoms with van der Waals surface area (Å²) in [5.41, 5.74) is 0. The monoisotopic (exact) mass is 274 g/mol. The molecule has 1 unspecified atom stereocenters. The zero-order valence-corrected chi connectivity index (χ0v) is 11.6. The predicted molar refractivity (Wildman–Crippen MR) is 68.9 cm³/mol. The van der Waals surface area contributed by atoms with E-state index in [0.717, 1.165) is 0 Å². The van der Waals surface area contributed by atoms with Crippen molar-refractivity contribution in [1.29, 1.82) is 0 Å². The lowest BCUT2D eigenvalue weighted by Crippen LogP contribution is -2.47. The number of carbonyl (C=O) groups excluding carboxylic acids is 1. The topological polar surface area (TPSA) is 98.2 Å². The van der Waals surface area contributed by atoms with Crippen molar-refractivity contribution < 1.29 is 24.6 Å². The van der Waals surface area contributed by atoms with Gasteiger partial charge in [0.2, 0.25) is 5.91 Å². The van der Waals surface area contributed by atoms with E-state index in [1.165, 1.54) is 11.8 Å². The van der Waals surface area contributed by atoms with Gasteiger partial charge in [-0.1, -0.05) is 0 Å². The van der Waals surface area contributed by atoms with E-state index in [1.807, 2.05) is 13.8 Å². The van der Waals surface area contributed by atoms with Crippen LogP contribution in [-0.2, 0) is 14.4 Å². The Kier molecular flexibility index (Phi) is 7.74. The third kappa shape index (κ3) is 6.19. The molecule has 0 fully saturated rings. The summed E-state index contributed by atoms with van der Waals surface area (Å²) in [5, 5.41) is 17.6. The first-order valence-corrected chi connectivity index (χ1v) is 6.29. The summed E-state index contributed by atoms with van der Waals surface area (Å²) in [6.45, 7) is 6.16. The average Bonchev–Trinajstić information content (AvgIpc) is 2.34. The van der Waals surface area contributed by atoms with E-state index in [2.05, 4.69) is 0 Å². The Hall–Kier alpha value is -1.63. The number of carboxylic acids is 2. The zero-order valence-electron chi connectivity index (χ0n) is 11.6. The molecule has 2 N–H and O–H groups in total. The quantitative estimate of drug-likeness (QED) is 0.619. The minimum Gasteiger partial charge on any atom is -0.481 e. The maximum atomic E-state index is 11.9. The molecule has 0 aliphatic rings. The number of likely N-dealkylation sites (N-methyl/N-ethyl adjacent to an activating group) is 1. The van der Waals surface area contributed by atoms with Crippen molar-refractivity contribution in [2.45, 2.75) is 33.2 Å². The molecule has 110 valence electrons. The SMILES string of the molecule is CCN(CC)C(=O)CN(CCC(=O)O)C(C)C(=O)O. The molecule has 0 saturated carbocycles. The highest BCUT2D eigenvalue weighted by Crippen LogP contribution is 2.03. The summed E-state index contributed by atoms with van der Waals surface area (Å²) in [6, 6.07) is -0.890. The molecule has 0 aromatic rings. The highest BCUT2D eigenvalue weighted by molar-refractivity contribution is 5.80. The summed E-state index contributed by atoms with van der Waals surface area (Å²) >= 11 is 0. The molecule has 0 aliphatic heterocycles. The standard InChI is InChI=1S/C12H22N2O5/c1-4-13(5-2)10(15)8-14(7-6-11(16)17)9(3)12(18)19/h9H,4-8H2,1-3H3,(H,16,17)(H,18,19). The van der Waals surface area contributed by atoms with Gasteiger partial charge in [0.25, 0.3) is 0 Å². The normalized spacial score (nSPS) is 12.2. The molecule has 7 nitrogen and oxygen atoms in total. The van der Waals surface area contributed by atoms with Gasteiger partial charge in [0.15, 0.2) is 0 Å². The molecule has 1 amide bonds. The third-order valence-electron chi connectivity index (χ3n) is 2.97. The van der Waals surface area contributed by atoms with Crippen molar-refractivity contribution in [3.05, 3.63) is 0 Å². The molecule has 1 atom stereocenters. The molecule has 0 aliphatic carbocycles. The van der Waals surface area contributed by atoms with E-state index in [9.17, 15) is 14.4 Å². The highest BCUT2D eigenvalue weighted by Gasteiger charge is 2.24. The molecule has 19 heavy (non-hydrogen) atoms. The Morgan fingerprint density at radius 2 is 1.63 bits per heavy atom. The number of hydrogen-bond donors (Lipinski definition) is 2. The first-order chi connectivity index (χ1) is 8.83. The van der Waals surface area contributed by atoms with Crippen molar-refractivity contribution in [3.63, 3.8) is 0 Å². The second-order valence-electron chi connectivity index (χ2n) is 4.19. The molecule has 0 spiro atoms. The number of carboxylic acid groups (broad SMARTS) is 2. The Labute approximate surface area is 112 Å². The lowest BCUT2D eigenvalue weighted by atomic mass is 10.2. The van der Waals surface area contributed by atoms with Crippen LogP contribution in [0.3, 0.4) is 0 Å². The van der Waals surface area contributed by atoms with Gasteiger partial charge in [0.05, 0.1) is 13.0 Å². The molecular weight excluding hydrogens is 252 g/mol. The molecule has 0 heterocycles. The van der Waals surface area contributed by atoms with Crippen molar-refractivity contribution in [3.8, 4) is 0 Å². The second-order valence-corrected chi connectivity index (χ2v) is 4.19. The van der Waals surface area contributed by atoms with Crippen LogP contribution in [0.15, 0.2) is 0 Å². The molecule has 0 aromatic carbocycles. The maximum absolute atomic E-state index is 11.9. The number of carbonyl (C=O) groups is 3. The van der Waals surface area contributed by atoms with Gasteiger partial charge < -0.3 is 15.1 Å². The number of aliphatic carboxylic acids is 2. The fourth-order valence-corrected chi connectivity index (χ4v) is 1.66. The lowest BCUT2D eigenvalue weighted by molar-refractivity contribution is -0.146. The molecule has 7 heteroatoms. The predicted octanol–water partition coefficient (Wildman–Crippen LogP) is 0.105. The Balaban J connectivity index is 4.69. The molecule has 0 radical (unpaired) electrons. The van der Waals surface area contributed by atoms with E-state index < -0.39 is 18.0 Å². The largest absolute Gasteiger partial charge is 0.481 e. The van der Waals surface area contributed by atoms with Gasteiger partial charge in [0.1, 0.15) is 6.04 Å². The van der Waals surface area contributed by atoms with Crippen LogP contribution in [0.4, 0.5) is 0 Å². The number of hydrogen-bond acceptors (Lipinski definition) is 4. The van der Waals surface area contributed by atoms with Crippen molar-refractivity contribution in [2.24, 2.45) is 0 Å². The van der Waals surface area contributed by atoms with E-state index in [4.69, 9.17) is 10.2 Å². The van der Waals surface area contributed by atoms with Gasteiger partial charge in [-0.25, -0.2) is 0 Å². The Morgan fingerprint density at radius 3 is 2.00 bits per heavy atom. The van der Waals surface area contributed by atoms with Gasteiger partial charge in [-0.3, -0.25) is 19.3 Å². The van der Waals surface area contributed by atoms with Crippen LogP contribution in [0.25, 0.3) is 0 Å². The molecule has 0 bridgehead atoms. The second kappa shape index (κ2) is 8.47. The molecule has 0 rings (SSSR count). The fraction of sp³-hybridized carbons (Fsp3) is 0.750. The Morgan fingerprint density at radius 1 is 1.11 bits per heavy atom. The van der Waals surface area contributed by atoms with E-state index in [0.29, 0.717) is 13.1 Å². The van der Waals surface area contributed by atoms with Crippen LogP contribution in [0.1, 0.15) is 27.2 Å². The fourth-order valence-electron chi connectivity index (χ4n) is 1.66. The minimum absolute atomic E-state index is 0.0375. The van der Waals surface area contributed by atoms with Crippen molar-refractivity contribution in [2.75, 3.05) is 26.2 Å². The van der Waals surface area contributed by atoms with Crippen molar-refractivity contribution in [1.82, 2.24) is 9.80 Å². The molecule has 0 aromatic heterocycles. The third-order valence-corrected chi connectivity index (χ3v) is 2.97. The summed E-state index contributed by atoms with van der Waals surface area (Å²) < 4.78 is 0. The molecular formula is C12H22N2O5. The first kappa shape index (κ1) is 17.4. The number of amides is 1. The van der Waals surface area contributed by atoms with Gasteiger partial charge in [-0.05, 0) is 20.8 Å². The average molecular weight is 274 g/mol. The van der Waals surface area contributed by atoms with Crippen molar-refractivity contribution >= 4 is 17.8 Å². The van der Waals surface area contributed by atoms with Crippen LogP contribution >= 0.6 is 0 Å². The minimum atomic E-state index is -1.07. The van der Waals surface area contributed by atoms with Crippen LogP contribution in [-0.4, -0.2) is 70.1 Å². The summed E-state index contributed by atoms with van der Waals surface area (Å²) in [5.74, 6) is -2.28. The van der Waals surface area contributed by atoms with Gasteiger partial charge in [0, 0.05) is 19.6 Å². The summed E-state index contributed by atoms with van der Waals surface area (Å²) in [4.78, 5) is 36.4. The van der Waals surface area contributed by atoms with Crippen LogP contribution in [0.2, 0.25) is 0 Å². The van der Waals surface area contributed by atoms with E-state index >= 15 is 0 Å². The summed E-state index contributed by atoms with van der Waals surface area (Å²) in [7, 11) is 0. The molecule has 0 saturated heterocycles. The van der Waals surface area contributed by atoms with Gasteiger partial charge in [-0.15, -0.1) is 0 Å². The summed E-state index contributed by atoms with van der Waals surface area (Å²) in [6.07, 6.45) is -0.191. The maximum Gasteiger partial charge on any atom is 0.320 e. The number of nitrogens with zero attached hydrogens (tertiary/aromatic N) is 2. The lowest BCUT2D eigenvalue weighted by Gasteiger charge is -2.28. The number of rotatable bonds is 9. The van der Waals surface area contributed by atoms with Crippen LogP contribution in [0.5, 0.6) is 0 Å². The van der Waals surface area contributed by atoms with Gasteiger partial charge >= 0.3 is 11.9 Å². The van der Waals surface area contributed by atoms with Gasteiger partial charge in [-0.2, -0.15) is 0 Å². The first-order valence-electron chi connectivity index (χ1n) is 6.29. The Bertz CT molecular complexity index is 328.